The summed E-state index contributed by atoms with van der Waals surface area (Å²) in [6.07, 6.45) is 5.40. The van der Waals surface area contributed by atoms with Crippen molar-refractivity contribution in [2.45, 2.75) is 13.0 Å². The first-order valence-electron chi connectivity index (χ1n) is 4.42. The van der Waals surface area contributed by atoms with E-state index in [1.54, 1.807) is 12.3 Å². The van der Waals surface area contributed by atoms with Crippen LogP contribution in [-0.4, -0.2) is 10.8 Å². The fraction of sp³-hybridized carbons (Fsp3) is 0.200. The van der Waals surface area contributed by atoms with Gasteiger partial charge in [0.1, 0.15) is 0 Å². The van der Waals surface area contributed by atoms with Crippen molar-refractivity contribution in [3.8, 4) is 0 Å². The van der Waals surface area contributed by atoms with Crippen LogP contribution in [0.5, 0.6) is 0 Å². The minimum Gasteiger partial charge on any atom is -0.351 e. The Hall–Kier alpha value is -1.84. The average Bonchev–Trinajstić information content (AvgIpc) is 2.18. The third-order valence-electron chi connectivity index (χ3n) is 2.04. The van der Waals surface area contributed by atoms with Crippen molar-refractivity contribution in [1.82, 2.24) is 10.3 Å². The van der Waals surface area contributed by atoms with Crippen LogP contribution in [0.1, 0.15) is 18.5 Å². The van der Waals surface area contributed by atoms with Crippen molar-refractivity contribution >= 4 is 5.84 Å². The van der Waals surface area contributed by atoms with Gasteiger partial charge in [0.15, 0.2) is 0 Å². The van der Waals surface area contributed by atoms with E-state index in [0.29, 0.717) is 0 Å². The van der Waals surface area contributed by atoms with Crippen molar-refractivity contribution in [2.24, 2.45) is 4.99 Å². The van der Waals surface area contributed by atoms with Crippen LogP contribution < -0.4 is 10.9 Å². The molecule has 2 N–H and O–H groups in total. The standard InChI is InChI=1S/C10H11N3O/c1-7-11-5-3-9(13-7)8-2-4-12-10(14)6-8/h2-6,9H,1H3,(H,11,13)(H,12,14). The Morgan fingerprint density at radius 1 is 1.50 bits per heavy atom. The molecule has 1 aromatic rings. The molecule has 2 rings (SSSR count). The van der Waals surface area contributed by atoms with Crippen molar-refractivity contribution in [1.29, 1.82) is 0 Å². The molecule has 0 bridgehead atoms. The highest BCUT2D eigenvalue weighted by Crippen LogP contribution is 2.18. The zero-order chi connectivity index (χ0) is 9.97. The second kappa shape index (κ2) is 3.49. The average molecular weight is 189 g/mol. The number of nitrogens with zero attached hydrogens (tertiary/aromatic N) is 1. The summed E-state index contributed by atoms with van der Waals surface area (Å²) in [6.45, 7) is 1.89. The summed E-state index contributed by atoms with van der Waals surface area (Å²) in [4.78, 5) is 18.0. The molecule has 0 saturated heterocycles. The molecule has 1 aliphatic rings. The van der Waals surface area contributed by atoms with E-state index in [-0.39, 0.29) is 11.6 Å². The maximum Gasteiger partial charge on any atom is 0.248 e. The third-order valence-corrected chi connectivity index (χ3v) is 2.04. The Morgan fingerprint density at radius 3 is 3.07 bits per heavy atom. The summed E-state index contributed by atoms with van der Waals surface area (Å²) in [5, 5.41) is 2.98. The normalized spacial score (nSPS) is 20.1. The number of pyridine rings is 1. The Bertz CT molecular complexity index is 445. The topological polar surface area (TPSA) is 57.2 Å². The van der Waals surface area contributed by atoms with Crippen LogP contribution in [-0.2, 0) is 0 Å². The molecular formula is C10H11N3O. The smallest absolute Gasteiger partial charge is 0.248 e. The predicted molar refractivity (Wildman–Crippen MR) is 55.2 cm³/mol. The molecular weight excluding hydrogens is 178 g/mol. The van der Waals surface area contributed by atoms with Gasteiger partial charge in [-0.25, -0.2) is 0 Å². The number of rotatable bonds is 1. The summed E-state index contributed by atoms with van der Waals surface area (Å²) < 4.78 is 0. The second-order valence-electron chi connectivity index (χ2n) is 3.15. The number of nitrogens with one attached hydrogen (secondary N) is 2. The molecule has 0 spiro atoms. The second-order valence-corrected chi connectivity index (χ2v) is 3.15. The van der Waals surface area contributed by atoms with E-state index in [9.17, 15) is 4.79 Å². The van der Waals surface area contributed by atoms with Crippen LogP contribution in [0.25, 0.3) is 0 Å². The van der Waals surface area contributed by atoms with Crippen LogP contribution in [0, 0.1) is 0 Å². The van der Waals surface area contributed by atoms with Gasteiger partial charge in [-0.05, 0) is 24.6 Å². The number of aliphatic imine (C=N–C) groups is 1. The van der Waals surface area contributed by atoms with Crippen molar-refractivity contribution < 1.29 is 0 Å². The predicted octanol–water partition coefficient (Wildman–Crippen LogP) is 0.951. The lowest BCUT2D eigenvalue weighted by molar-refractivity contribution is 0.863. The van der Waals surface area contributed by atoms with Crippen molar-refractivity contribution in [3.63, 3.8) is 0 Å². The Balaban J connectivity index is 2.35. The number of amidine groups is 1. The molecule has 0 amide bonds. The number of aromatic amines is 1. The zero-order valence-corrected chi connectivity index (χ0v) is 7.82. The third kappa shape index (κ3) is 1.74. The molecule has 0 aliphatic carbocycles. The van der Waals surface area contributed by atoms with Gasteiger partial charge in [0.25, 0.3) is 0 Å². The van der Waals surface area contributed by atoms with E-state index in [1.807, 2.05) is 25.3 Å². The first-order chi connectivity index (χ1) is 6.75. The van der Waals surface area contributed by atoms with Crippen LogP contribution in [0.2, 0.25) is 0 Å². The highest BCUT2D eigenvalue weighted by atomic mass is 16.1. The van der Waals surface area contributed by atoms with Gasteiger partial charge in [-0.1, -0.05) is 0 Å². The van der Waals surface area contributed by atoms with Crippen molar-refractivity contribution in [2.75, 3.05) is 0 Å². The number of H-pyrrole nitrogens is 1. The summed E-state index contributed by atoms with van der Waals surface area (Å²) in [7, 11) is 0. The zero-order valence-electron chi connectivity index (χ0n) is 7.82. The van der Waals surface area contributed by atoms with Gasteiger partial charge in [-0.2, -0.15) is 0 Å². The summed E-state index contributed by atoms with van der Waals surface area (Å²) >= 11 is 0. The quantitative estimate of drug-likeness (QED) is 0.691. The van der Waals surface area contributed by atoms with Crippen LogP contribution in [0.4, 0.5) is 0 Å². The van der Waals surface area contributed by atoms with E-state index < -0.39 is 0 Å². The van der Waals surface area contributed by atoms with Gasteiger partial charge in [-0.3, -0.25) is 9.79 Å². The lowest BCUT2D eigenvalue weighted by Gasteiger charge is -2.14. The summed E-state index contributed by atoms with van der Waals surface area (Å²) in [5.74, 6) is 0.859. The highest BCUT2D eigenvalue weighted by Gasteiger charge is 2.09. The molecule has 0 radical (unpaired) electrons. The molecule has 0 fully saturated rings. The lowest BCUT2D eigenvalue weighted by atomic mass is 10.1. The minimum absolute atomic E-state index is 0.0430. The maximum atomic E-state index is 11.1. The molecule has 1 aromatic heterocycles. The van der Waals surface area contributed by atoms with E-state index in [2.05, 4.69) is 15.3 Å². The summed E-state index contributed by atoms with van der Waals surface area (Å²) in [6, 6.07) is 3.38. The number of aromatic nitrogens is 1. The Morgan fingerprint density at radius 2 is 2.36 bits per heavy atom. The van der Waals surface area contributed by atoms with Gasteiger partial charge in [-0.15, -0.1) is 0 Å². The number of hydrogen-bond donors (Lipinski definition) is 2. The molecule has 72 valence electrons. The van der Waals surface area contributed by atoms with Gasteiger partial charge in [0.2, 0.25) is 5.56 Å². The highest BCUT2D eigenvalue weighted by molar-refractivity contribution is 5.81. The van der Waals surface area contributed by atoms with Crippen LogP contribution in [0.15, 0.2) is 40.4 Å². The first-order valence-corrected chi connectivity index (χ1v) is 4.42. The SMILES string of the molecule is CC1=NC(c2cc[nH]c(=O)c2)C=CN1. The van der Waals surface area contributed by atoms with E-state index in [4.69, 9.17) is 0 Å². The molecule has 1 aliphatic heterocycles. The molecule has 1 unspecified atom stereocenters. The molecule has 4 heteroatoms. The van der Waals surface area contributed by atoms with Gasteiger partial charge in [0, 0.05) is 18.5 Å². The van der Waals surface area contributed by atoms with E-state index >= 15 is 0 Å². The fourth-order valence-electron chi connectivity index (χ4n) is 1.38. The van der Waals surface area contributed by atoms with Gasteiger partial charge >= 0.3 is 0 Å². The minimum atomic E-state index is -0.0951. The van der Waals surface area contributed by atoms with Gasteiger partial charge < -0.3 is 10.3 Å². The molecule has 14 heavy (non-hydrogen) atoms. The largest absolute Gasteiger partial charge is 0.351 e. The summed E-state index contributed by atoms with van der Waals surface area (Å²) in [5.41, 5.74) is 0.813. The van der Waals surface area contributed by atoms with Crippen molar-refractivity contribution in [3.05, 3.63) is 46.5 Å². The van der Waals surface area contributed by atoms with Crippen LogP contribution in [0.3, 0.4) is 0 Å². The molecule has 0 aromatic carbocycles. The number of hydrogen-bond acceptors (Lipinski definition) is 3. The van der Waals surface area contributed by atoms with Gasteiger partial charge in [0.05, 0.1) is 11.9 Å². The monoisotopic (exact) mass is 189 g/mol. The lowest BCUT2D eigenvalue weighted by Crippen LogP contribution is -2.19. The van der Waals surface area contributed by atoms with E-state index in [1.165, 1.54) is 0 Å². The molecule has 0 saturated carbocycles. The van der Waals surface area contributed by atoms with Crippen LogP contribution >= 0.6 is 0 Å². The molecule has 1 atom stereocenters. The first kappa shape index (κ1) is 8.74. The molecule has 2 heterocycles. The fourth-order valence-corrected chi connectivity index (χ4v) is 1.38. The maximum absolute atomic E-state index is 11.1. The Kier molecular flexibility index (Phi) is 2.18. The Labute approximate surface area is 81.4 Å². The molecule has 4 nitrogen and oxygen atoms in total. The van der Waals surface area contributed by atoms with E-state index in [0.717, 1.165) is 11.4 Å².